The number of carbonyl (C=O) groups is 2. The molecule has 1 saturated carbocycles. The van der Waals surface area contributed by atoms with Gasteiger partial charge in [0.2, 0.25) is 21.8 Å². The Morgan fingerprint density at radius 2 is 1.64 bits per heavy atom. The molecule has 1 atom stereocenters. The summed E-state index contributed by atoms with van der Waals surface area (Å²) in [6.45, 7) is -0.448. The van der Waals surface area contributed by atoms with Crippen molar-refractivity contribution in [3.63, 3.8) is 0 Å². The Hall–Kier alpha value is -2.59. The molecule has 0 saturated heterocycles. The van der Waals surface area contributed by atoms with Crippen LogP contribution in [0.25, 0.3) is 0 Å². The van der Waals surface area contributed by atoms with Gasteiger partial charge < -0.3 is 10.2 Å². The summed E-state index contributed by atoms with van der Waals surface area (Å²) < 4.78 is 27.7. The Balaban J connectivity index is 1.74. The Kier molecular flexibility index (Phi) is 11.3. The summed E-state index contributed by atoms with van der Waals surface area (Å²) in [5.74, 6) is -0.796. The zero-order chi connectivity index (χ0) is 30.3. The molecular weight excluding hydrogens is 661 g/mol. The van der Waals surface area contributed by atoms with E-state index in [0.29, 0.717) is 5.02 Å². The fourth-order valence-electron chi connectivity index (χ4n) is 5.21. The van der Waals surface area contributed by atoms with Crippen LogP contribution in [0, 0.1) is 0 Å². The summed E-state index contributed by atoms with van der Waals surface area (Å²) in [5, 5.41) is 3.62. The van der Waals surface area contributed by atoms with Gasteiger partial charge in [-0.05, 0) is 54.3 Å². The largest absolute Gasteiger partial charge is 0.352 e. The van der Waals surface area contributed by atoms with Crippen LogP contribution in [0.15, 0.2) is 77.3 Å². The van der Waals surface area contributed by atoms with Crippen LogP contribution >= 0.6 is 39.1 Å². The van der Waals surface area contributed by atoms with Gasteiger partial charge in [0.25, 0.3) is 0 Å². The first kappa shape index (κ1) is 32.3. The third-order valence-corrected chi connectivity index (χ3v) is 9.48. The van der Waals surface area contributed by atoms with Gasteiger partial charge in [0.05, 0.1) is 17.0 Å². The number of hydrogen-bond acceptors (Lipinski definition) is 4. The van der Waals surface area contributed by atoms with Crippen molar-refractivity contribution >= 4 is 66.7 Å². The third-order valence-electron chi connectivity index (χ3n) is 7.32. The smallest absolute Gasteiger partial charge is 0.244 e. The molecule has 0 unspecified atom stereocenters. The van der Waals surface area contributed by atoms with Gasteiger partial charge in [0.1, 0.15) is 12.6 Å². The van der Waals surface area contributed by atoms with E-state index in [1.807, 2.05) is 54.6 Å². The van der Waals surface area contributed by atoms with Gasteiger partial charge >= 0.3 is 0 Å². The molecule has 0 aliphatic heterocycles. The summed E-state index contributed by atoms with van der Waals surface area (Å²) in [7, 11) is -3.94. The summed E-state index contributed by atoms with van der Waals surface area (Å²) >= 11 is 15.9. The van der Waals surface area contributed by atoms with Gasteiger partial charge in [-0.1, -0.05) is 101 Å². The average Bonchev–Trinajstić information content (AvgIpc) is 2.94. The predicted molar refractivity (Wildman–Crippen MR) is 172 cm³/mol. The van der Waals surface area contributed by atoms with E-state index in [4.69, 9.17) is 23.2 Å². The first-order valence-electron chi connectivity index (χ1n) is 13.8. The molecule has 42 heavy (non-hydrogen) atoms. The van der Waals surface area contributed by atoms with E-state index >= 15 is 0 Å². The Labute approximate surface area is 266 Å². The van der Waals surface area contributed by atoms with Crippen LogP contribution in [0.5, 0.6) is 0 Å². The quantitative estimate of drug-likeness (QED) is 0.245. The van der Waals surface area contributed by atoms with Crippen molar-refractivity contribution in [3.8, 4) is 0 Å². The molecule has 3 aromatic carbocycles. The Morgan fingerprint density at radius 3 is 2.29 bits per heavy atom. The molecule has 1 aliphatic rings. The minimum absolute atomic E-state index is 0.0349. The SMILES string of the molecule is CS(=O)(=O)N(CC(=O)N(Cc1cccc(Br)c1)[C@@H](Cc1ccccc1)C(=O)NC1CCCCC1)c1ccc(Cl)cc1Cl. The van der Waals surface area contributed by atoms with Crippen LogP contribution < -0.4 is 9.62 Å². The monoisotopic (exact) mass is 693 g/mol. The first-order valence-corrected chi connectivity index (χ1v) is 17.2. The molecule has 4 rings (SSSR count). The minimum atomic E-state index is -3.94. The zero-order valence-corrected chi connectivity index (χ0v) is 27.2. The van der Waals surface area contributed by atoms with Gasteiger partial charge in [-0.3, -0.25) is 13.9 Å². The third kappa shape index (κ3) is 8.96. The molecular formula is C31H34BrCl2N3O4S. The molecule has 3 aromatic rings. The van der Waals surface area contributed by atoms with Gasteiger partial charge in [0, 0.05) is 28.5 Å². The number of amides is 2. The molecule has 0 radical (unpaired) electrons. The number of carbonyl (C=O) groups excluding carboxylic acids is 2. The Bertz CT molecular complexity index is 1500. The summed E-state index contributed by atoms with van der Waals surface area (Å²) in [4.78, 5) is 29.7. The summed E-state index contributed by atoms with van der Waals surface area (Å²) in [6.07, 6.45) is 6.28. The van der Waals surface area contributed by atoms with E-state index in [-0.39, 0.29) is 35.6 Å². The lowest BCUT2D eigenvalue weighted by Crippen LogP contribution is -2.55. The van der Waals surface area contributed by atoms with Crippen LogP contribution in [0.1, 0.15) is 43.2 Å². The van der Waals surface area contributed by atoms with Crippen LogP contribution in [0.3, 0.4) is 0 Å². The second-order valence-corrected chi connectivity index (χ2v) is 14.2. The average molecular weight is 696 g/mol. The molecule has 2 amide bonds. The highest BCUT2D eigenvalue weighted by Gasteiger charge is 2.34. The molecule has 224 valence electrons. The summed E-state index contributed by atoms with van der Waals surface area (Å²) in [5.41, 5.74) is 1.80. The fraction of sp³-hybridized carbons (Fsp3) is 0.355. The molecule has 11 heteroatoms. The van der Waals surface area contributed by atoms with E-state index in [9.17, 15) is 18.0 Å². The highest BCUT2D eigenvalue weighted by Crippen LogP contribution is 2.31. The molecule has 1 aliphatic carbocycles. The van der Waals surface area contributed by atoms with Gasteiger partial charge in [-0.25, -0.2) is 8.42 Å². The maximum absolute atomic E-state index is 14.2. The number of hydrogen-bond donors (Lipinski definition) is 1. The number of nitrogens with one attached hydrogen (secondary N) is 1. The van der Waals surface area contributed by atoms with Crippen LogP contribution in [0.2, 0.25) is 10.0 Å². The van der Waals surface area contributed by atoms with Crippen LogP contribution in [-0.4, -0.2) is 50.0 Å². The van der Waals surface area contributed by atoms with Gasteiger partial charge in [-0.2, -0.15) is 0 Å². The van der Waals surface area contributed by atoms with Crippen molar-refractivity contribution in [1.82, 2.24) is 10.2 Å². The van der Waals surface area contributed by atoms with Gasteiger partial charge in [-0.15, -0.1) is 0 Å². The molecule has 0 aromatic heterocycles. The van der Waals surface area contributed by atoms with Crippen molar-refractivity contribution in [2.45, 2.75) is 57.2 Å². The molecule has 7 nitrogen and oxygen atoms in total. The van der Waals surface area contributed by atoms with Crippen LogP contribution in [0.4, 0.5) is 5.69 Å². The number of rotatable bonds is 11. The lowest BCUT2D eigenvalue weighted by atomic mass is 9.94. The molecule has 1 fully saturated rings. The lowest BCUT2D eigenvalue weighted by Gasteiger charge is -2.35. The van der Waals surface area contributed by atoms with Crippen LogP contribution in [-0.2, 0) is 32.6 Å². The van der Waals surface area contributed by atoms with Crippen molar-refractivity contribution in [2.24, 2.45) is 0 Å². The number of benzene rings is 3. The van der Waals surface area contributed by atoms with E-state index in [1.54, 1.807) is 0 Å². The molecule has 0 bridgehead atoms. The van der Waals surface area contributed by atoms with Crippen molar-refractivity contribution in [2.75, 3.05) is 17.1 Å². The van der Waals surface area contributed by atoms with E-state index in [0.717, 1.165) is 58.3 Å². The van der Waals surface area contributed by atoms with Crippen molar-refractivity contribution in [1.29, 1.82) is 0 Å². The zero-order valence-electron chi connectivity index (χ0n) is 23.3. The van der Waals surface area contributed by atoms with Gasteiger partial charge in [0.15, 0.2) is 0 Å². The topological polar surface area (TPSA) is 86.8 Å². The number of halogens is 3. The first-order chi connectivity index (χ1) is 20.0. The molecule has 1 N–H and O–H groups in total. The highest BCUT2D eigenvalue weighted by atomic mass is 79.9. The van der Waals surface area contributed by atoms with E-state index < -0.39 is 28.5 Å². The number of anilines is 1. The van der Waals surface area contributed by atoms with E-state index in [1.165, 1.54) is 23.1 Å². The molecule has 0 spiro atoms. The second-order valence-electron chi connectivity index (χ2n) is 10.6. The minimum Gasteiger partial charge on any atom is -0.352 e. The predicted octanol–water partition coefficient (Wildman–Crippen LogP) is 6.61. The maximum Gasteiger partial charge on any atom is 0.244 e. The Morgan fingerprint density at radius 1 is 0.952 bits per heavy atom. The second kappa shape index (κ2) is 14.7. The van der Waals surface area contributed by atoms with E-state index in [2.05, 4.69) is 21.2 Å². The normalized spacial score (nSPS) is 14.7. The lowest BCUT2D eigenvalue weighted by molar-refractivity contribution is -0.140. The number of sulfonamides is 1. The maximum atomic E-state index is 14.2. The number of nitrogens with zero attached hydrogens (tertiary/aromatic N) is 2. The summed E-state index contributed by atoms with van der Waals surface area (Å²) in [6, 6.07) is 20.5. The van der Waals surface area contributed by atoms with Crippen molar-refractivity contribution in [3.05, 3.63) is 98.4 Å². The fourth-order valence-corrected chi connectivity index (χ4v) is 7.08. The molecule has 0 heterocycles. The highest BCUT2D eigenvalue weighted by molar-refractivity contribution is 9.10. The van der Waals surface area contributed by atoms with Crippen molar-refractivity contribution < 1.29 is 18.0 Å². The standard InChI is InChI=1S/C31H34BrCl2N3O4S/c1-42(40,41)37(28-16-15-25(33)19-27(28)34)21-30(38)36(20-23-11-8-12-24(32)17-23)29(18-22-9-4-2-5-10-22)31(39)35-26-13-6-3-7-14-26/h2,4-5,8-12,15-17,19,26,29H,3,6-7,13-14,18,20-21H2,1H3,(H,35,39)/t29-/m0/s1.